The normalized spacial score (nSPS) is 12.6. The fourth-order valence-corrected chi connectivity index (χ4v) is 3.53. The minimum absolute atomic E-state index is 0.0209. The number of alkyl halides is 5. The molecule has 1 unspecified atom stereocenters. The van der Waals surface area contributed by atoms with Crippen LogP contribution < -0.4 is 10.1 Å². The number of ether oxygens (including phenoxy) is 1. The molecule has 0 bridgehead atoms. The van der Waals surface area contributed by atoms with E-state index in [2.05, 4.69) is 20.0 Å². The third kappa shape index (κ3) is 5.51. The number of imidazole rings is 1. The van der Waals surface area contributed by atoms with Crippen molar-refractivity contribution in [2.24, 2.45) is 0 Å². The molecule has 5 nitrogen and oxygen atoms in total. The average Bonchev–Trinajstić information content (AvgIpc) is 3.23. The zero-order chi connectivity index (χ0) is 24.3. The molecule has 0 radical (unpaired) electrons. The van der Waals surface area contributed by atoms with Crippen molar-refractivity contribution in [2.75, 3.05) is 0 Å². The van der Waals surface area contributed by atoms with Crippen LogP contribution in [0.5, 0.6) is 5.75 Å². The number of H-pyrrole nitrogens is 1. The summed E-state index contributed by atoms with van der Waals surface area (Å²) >= 11 is 0. The summed E-state index contributed by atoms with van der Waals surface area (Å²) in [6, 6.07) is 18.6. The fourth-order valence-electron chi connectivity index (χ4n) is 3.53. The zero-order valence-corrected chi connectivity index (χ0v) is 17.4. The van der Waals surface area contributed by atoms with Crippen molar-refractivity contribution in [2.45, 2.75) is 25.3 Å². The quantitative estimate of drug-likeness (QED) is 0.341. The smallest absolute Gasteiger partial charge is 0.435 e. The summed E-state index contributed by atoms with van der Waals surface area (Å²) in [5.74, 6) is -1.48. The Morgan fingerprint density at radius 2 is 1.68 bits per heavy atom. The standard InChI is InChI=1S/C24H18F5N3O2/c25-23(26)34-17-9-6-14(7-10-17)12-20(33)32-21(15-4-2-1-3-5-15)16-8-11-18-19(13-16)31-22(30-18)24(27,28)29/h1-11,13,21,23H,12H2,(H,30,31)(H,32,33). The second kappa shape index (κ2) is 9.50. The number of hydrogen-bond acceptors (Lipinski definition) is 3. The van der Waals surface area contributed by atoms with Gasteiger partial charge >= 0.3 is 12.8 Å². The molecule has 0 aliphatic carbocycles. The zero-order valence-electron chi connectivity index (χ0n) is 17.4. The number of nitrogens with one attached hydrogen (secondary N) is 2. The van der Waals surface area contributed by atoms with Crippen LogP contribution >= 0.6 is 0 Å². The summed E-state index contributed by atoms with van der Waals surface area (Å²) in [7, 11) is 0. The Balaban J connectivity index is 1.58. The lowest BCUT2D eigenvalue weighted by atomic mass is 9.97. The summed E-state index contributed by atoms with van der Waals surface area (Å²) in [4.78, 5) is 18.7. The van der Waals surface area contributed by atoms with E-state index >= 15 is 0 Å². The maximum Gasteiger partial charge on any atom is 0.449 e. The van der Waals surface area contributed by atoms with Gasteiger partial charge in [0, 0.05) is 0 Å². The van der Waals surface area contributed by atoms with E-state index in [-0.39, 0.29) is 29.1 Å². The fraction of sp³-hybridized carbons (Fsp3) is 0.167. The molecule has 176 valence electrons. The van der Waals surface area contributed by atoms with Gasteiger partial charge in [0.1, 0.15) is 5.75 Å². The van der Waals surface area contributed by atoms with Crippen LogP contribution in [-0.2, 0) is 17.4 Å². The first kappa shape index (κ1) is 23.2. The number of benzene rings is 3. The third-order valence-electron chi connectivity index (χ3n) is 5.06. The summed E-state index contributed by atoms with van der Waals surface area (Å²) in [5.41, 5.74) is 2.20. The van der Waals surface area contributed by atoms with Crippen molar-refractivity contribution < 1.29 is 31.5 Å². The second-order valence-corrected chi connectivity index (χ2v) is 7.47. The van der Waals surface area contributed by atoms with Crippen molar-refractivity contribution >= 4 is 16.9 Å². The van der Waals surface area contributed by atoms with Crippen LogP contribution in [0, 0.1) is 0 Å². The Bertz CT molecular complexity index is 1270. The van der Waals surface area contributed by atoms with Crippen LogP contribution in [0.4, 0.5) is 22.0 Å². The van der Waals surface area contributed by atoms with E-state index in [1.165, 1.54) is 36.4 Å². The van der Waals surface area contributed by atoms with Crippen LogP contribution in [0.3, 0.4) is 0 Å². The number of carbonyl (C=O) groups excluding carboxylic acids is 1. The van der Waals surface area contributed by atoms with Crippen molar-refractivity contribution in [3.05, 3.63) is 95.3 Å². The summed E-state index contributed by atoms with van der Waals surface area (Å²) in [5, 5.41) is 2.90. The number of aromatic nitrogens is 2. The maximum absolute atomic E-state index is 13.0. The van der Waals surface area contributed by atoms with Gasteiger partial charge in [0.15, 0.2) is 0 Å². The SMILES string of the molecule is O=C(Cc1ccc(OC(F)F)cc1)NC(c1ccccc1)c1ccc2nc(C(F)(F)F)[nH]c2c1. The molecule has 1 aromatic heterocycles. The van der Waals surface area contributed by atoms with Gasteiger partial charge in [0.05, 0.1) is 23.5 Å². The van der Waals surface area contributed by atoms with Gasteiger partial charge in [0.2, 0.25) is 11.7 Å². The van der Waals surface area contributed by atoms with Crippen molar-refractivity contribution in [3.8, 4) is 5.75 Å². The molecule has 1 amide bonds. The number of halogens is 5. The molecule has 34 heavy (non-hydrogen) atoms. The van der Waals surface area contributed by atoms with E-state index in [0.717, 1.165) is 5.56 Å². The van der Waals surface area contributed by atoms with E-state index < -0.39 is 24.7 Å². The first-order valence-corrected chi connectivity index (χ1v) is 10.1. The maximum atomic E-state index is 13.0. The topological polar surface area (TPSA) is 67.0 Å². The molecule has 3 aromatic carbocycles. The molecule has 0 aliphatic heterocycles. The molecule has 0 fully saturated rings. The Morgan fingerprint density at radius 3 is 2.32 bits per heavy atom. The lowest BCUT2D eigenvalue weighted by molar-refractivity contribution is -0.144. The number of amides is 1. The number of hydrogen-bond donors (Lipinski definition) is 2. The number of rotatable bonds is 7. The highest BCUT2D eigenvalue weighted by Gasteiger charge is 2.34. The monoisotopic (exact) mass is 475 g/mol. The largest absolute Gasteiger partial charge is 0.449 e. The molecule has 1 heterocycles. The number of carbonyl (C=O) groups is 1. The first-order valence-electron chi connectivity index (χ1n) is 10.1. The number of aromatic amines is 1. The minimum atomic E-state index is -4.61. The van der Waals surface area contributed by atoms with Crippen molar-refractivity contribution in [1.29, 1.82) is 0 Å². The van der Waals surface area contributed by atoms with Gasteiger partial charge in [-0.3, -0.25) is 4.79 Å². The van der Waals surface area contributed by atoms with E-state index in [1.807, 2.05) is 0 Å². The van der Waals surface area contributed by atoms with Crippen LogP contribution in [-0.4, -0.2) is 22.5 Å². The molecule has 0 aliphatic rings. The lowest BCUT2D eigenvalue weighted by Gasteiger charge is -2.20. The lowest BCUT2D eigenvalue weighted by Crippen LogP contribution is -2.30. The third-order valence-corrected chi connectivity index (χ3v) is 5.06. The molecular weight excluding hydrogens is 457 g/mol. The van der Waals surface area contributed by atoms with Gasteiger partial charge < -0.3 is 15.0 Å². The van der Waals surface area contributed by atoms with Gasteiger partial charge in [-0.05, 0) is 41.0 Å². The highest BCUT2D eigenvalue weighted by atomic mass is 19.4. The van der Waals surface area contributed by atoms with Crippen molar-refractivity contribution in [1.82, 2.24) is 15.3 Å². The molecule has 0 spiro atoms. The van der Waals surface area contributed by atoms with E-state index in [4.69, 9.17) is 0 Å². The Labute approximate surface area is 190 Å². The van der Waals surface area contributed by atoms with E-state index in [0.29, 0.717) is 11.1 Å². The predicted octanol–water partition coefficient (Wildman–Crippen LogP) is 5.63. The van der Waals surface area contributed by atoms with Crippen LogP contribution in [0.25, 0.3) is 11.0 Å². The number of fused-ring (bicyclic) bond motifs is 1. The minimum Gasteiger partial charge on any atom is -0.435 e. The second-order valence-electron chi connectivity index (χ2n) is 7.47. The average molecular weight is 475 g/mol. The first-order chi connectivity index (χ1) is 16.2. The molecular formula is C24H18F5N3O2. The Morgan fingerprint density at radius 1 is 0.971 bits per heavy atom. The molecule has 1 atom stereocenters. The van der Waals surface area contributed by atoms with E-state index in [1.54, 1.807) is 36.4 Å². The number of nitrogens with zero attached hydrogens (tertiary/aromatic N) is 1. The Kier molecular flexibility index (Phi) is 6.49. The van der Waals surface area contributed by atoms with Crippen LogP contribution in [0.1, 0.15) is 28.6 Å². The van der Waals surface area contributed by atoms with Crippen molar-refractivity contribution in [3.63, 3.8) is 0 Å². The summed E-state index contributed by atoms with van der Waals surface area (Å²) in [6.45, 7) is -2.94. The van der Waals surface area contributed by atoms with Crippen LogP contribution in [0.2, 0.25) is 0 Å². The Hall–Kier alpha value is -3.95. The van der Waals surface area contributed by atoms with Gasteiger partial charge in [-0.25, -0.2) is 4.98 Å². The summed E-state index contributed by atoms with van der Waals surface area (Å²) in [6.07, 6.45) is -4.65. The van der Waals surface area contributed by atoms with Crippen LogP contribution in [0.15, 0.2) is 72.8 Å². The molecule has 4 rings (SSSR count). The van der Waals surface area contributed by atoms with Gasteiger partial charge in [-0.15, -0.1) is 0 Å². The molecule has 0 saturated carbocycles. The molecule has 2 N–H and O–H groups in total. The van der Waals surface area contributed by atoms with E-state index in [9.17, 15) is 26.7 Å². The molecule has 10 heteroatoms. The highest BCUT2D eigenvalue weighted by molar-refractivity contribution is 5.80. The van der Waals surface area contributed by atoms with Gasteiger partial charge in [-0.2, -0.15) is 22.0 Å². The highest BCUT2D eigenvalue weighted by Crippen LogP contribution is 2.30. The molecule has 0 saturated heterocycles. The predicted molar refractivity (Wildman–Crippen MR) is 114 cm³/mol. The molecule has 4 aromatic rings. The van der Waals surface area contributed by atoms with Gasteiger partial charge in [-0.1, -0.05) is 48.5 Å². The van der Waals surface area contributed by atoms with Gasteiger partial charge in [0.25, 0.3) is 0 Å². The summed E-state index contributed by atoms with van der Waals surface area (Å²) < 4.78 is 68.0.